The lowest BCUT2D eigenvalue weighted by Gasteiger charge is -2.43. The van der Waals surface area contributed by atoms with Crippen LogP contribution in [0.15, 0.2) is 36.4 Å². The van der Waals surface area contributed by atoms with E-state index in [0.29, 0.717) is 23.9 Å². The van der Waals surface area contributed by atoms with Crippen molar-refractivity contribution in [2.24, 2.45) is 0 Å². The van der Waals surface area contributed by atoms with Crippen molar-refractivity contribution in [2.75, 3.05) is 4.90 Å². The van der Waals surface area contributed by atoms with Gasteiger partial charge in [0.25, 0.3) is 0 Å². The van der Waals surface area contributed by atoms with Crippen molar-refractivity contribution in [3.63, 3.8) is 0 Å². The Kier molecular flexibility index (Phi) is 4.50. The minimum atomic E-state index is 0.188. The topological polar surface area (TPSA) is 6.25 Å². The van der Waals surface area contributed by atoms with Crippen LogP contribution in [0.3, 0.4) is 0 Å². The van der Waals surface area contributed by atoms with E-state index in [1.165, 1.54) is 46.5 Å². The van der Waals surface area contributed by atoms with E-state index in [9.17, 15) is 0 Å². The predicted molar refractivity (Wildman–Crippen MR) is 132 cm³/mol. The minimum Gasteiger partial charge on any atom is -0.226 e. The van der Waals surface area contributed by atoms with E-state index >= 15 is 0 Å². The summed E-state index contributed by atoms with van der Waals surface area (Å²) >= 11 is 0. The Morgan fingerprint density at radius 2 is 1.39 bits per heavy atom. The summed E-state index contributed by atoms with van der Waals surface area (Å²) in [5, 5.41) is 0. The fourth-order valence-corrected chi connectivity index (χ4v) is 6.58. The molecule has 0 fully saturated rings. The molecular weight excluding hydrogens is 376 g/mol. The van der Waals surface area contributed by atoms with Gasteiger partial charge in [-0.3, -0.25) is 0 Å². The van der Waals surface area contributed by atoms with Crippen molar-refractivity contribution in [2.45, 2.75) is 103 Å². The number of anilines is 1. The summed E-state index contributed by atoms with van der Waals surface area (Å²) in [7, 11) is 0. The van der Waals surface area contributed by atoms with E-state index in [1.807, 2.05) is 0 Å². The molecule has 0 radical (unpaired) electrons. The molecule has 0 N–H and O–H groups in total. The molecule has 0 saturated heterocycles. The van der Waals surface area contributed by atoms with E-state index in [0.717, 1.165) is 0 Å². The number of nitrogens with zero attached hydrogens (tertiary/aromatic N) is 2. The Morgan fingerprint density at radius 3 is 2.03 bits per heavy atom. The smallest absolute Gasteiger partial charge is 0.226 e. The van der Waals surface area contributed by atoms with Crippen molar-refractivity contribution < 1.29 is 4.58 Å². The van der Waals surface area contributed by atoms with E-state index in [4.69, 9.17) is 0 Å². The van der Waals surface area contributed by atoms with Gasteiger partial charge in [-0.25, -0.2) is 9.48 Å². The molecule has 0 unspecified atom stereocenters. The highest BCUT2D eigenvalue weighted by molar-refractivity contribution is 5.86. The number of fused-ring (bicyclic) bond motifs is 7. The number of hydrogen-bond donors (Lipinski definition) is 0. The van der Waals surface area contributed by atoms with Crippen LogP contribution in [0.4, 0.5) is 11.4 Å². The van der Waals surface area contributed by atoms with Crippen molar-refractivity contribution in [1.29, 1.82) is 0 Å². The van der Waals surface area contributed by atoms with Crippen LogP contribution in [0.1, 0.15) is 102 Å². The van der Waals surface area contributed by atoms with Crippen LogP contribution in [0.25, 0.3) is 0 Å². The van der Waals surface area contributed by atoms with Crippen molar-refractivity contribution >= 4 is 17.7 Å². The monoisotopic (exact) mass is 415 g/mol. The molecule has 0 aromatic heterocycles. The van der Waals surface area contributed by atoms with Crippen LogP contribution < -0.4 is 4.90 Å². The summed E-state index contributed by atoms with van der Waals surface area (Å²) in [6.45, 7) is 19.2. The van der Waals surface area contributed by atoms with E-state index in [2.05, 4.69) is 108 Å². The molecule has 31 heavy (non-hydrogen) atoms. The molecular formula is C29H39N2+. The molecule has 3 aliphatic rings. The highest BCUT2D eigenvalue weighted by Gasteiger charge is 2.56. The maximum absolute atomic E-state index is 2.67. The van der Waals surface area contributed by atoms with Crippen LogP contribution >= 0.6 is 0 Å². The van der Waals surface area contributed by atoms with Crippen LogP contribution in [0.2, 0.25) is 0 Å². The molecule has 0 saturated carbocycles. The third-order valence-electron chi connectivity index (χ3n) is 8.20. The Bertz CT molecular complexity index is 1070. The first-order chi connectivity index (χ1) is 14.5. The van der Waals surface area contributed by atoms with Crippen molar-refractivity contribution in [3.05, 3.63) is 58.7 Å². The van der Waals surface area contributed by atoms with Crippen LogP contribution in [-0.2, 0) is 10.8 Å². The number of rotatable bonds is 2. The first-order valence-electron chi connectivity index (χ1n) is 12.2. The summed E-state index contributed by atoms with van der Waals surface area (Å²) in [5.41, 5.74) is 9.35. The second kappa shape index (κ2) is 6.70. The van der Waals surface area contributed by atoms with Gasteiger partial charge >= 0.3 is 0 Å². The Morgan fingerprint density at radius 1 is 0.806 bits per heavy atom. The lowest BCUT2D eigenvalue weighted by molar-refractivity contribution is -0.484. The fraction of sp³-hybridized carbons (Fsp3) is 0.552. The molecule has 0 amide bonds. The lowest BCUT2D eigenvalue weighted by Crippen LogP contribution is -2.50. The van der Waals surface area contributed by atoms with Gasteiger partial charge in [0, 0.05) is 35.1 Å². The first-order valence-corrected chi connectivity index (χ1v) is 12.2. The Balaban J connectivity index is 1.76. The van der Waals surface area contributed by atoms with Crippen molar-refractivity contribution in [1.82, 2.24) is 0 Å². The van der Waals surface area contributed by atoms with Gasteiger partial charge in [0.1, 0.15) is 23.5 Å². The molecule has 2 aromatic carbocycles. The Hall–Kier alpha value is -2.09. The largest absolute Gasteiger partial charge is 0.245 e. The molecule has 2 nitrogen and oxygen atoms in total. The molecule has 164 valence electrons. The summed E-state index contributed by atoms with van der Waals surface area (Å²) in [4.78, 5) is 2.67. The van der Waals surface area contributed by atoms with Gasteiger partial charge in [-0.2, -0.15) is 0 Å². The van der Waals surface area contributed by atoms with Gasteiger partial charge in [0.2, 0.25) is 6.34 Å². The van der Waals surface area contributed by atoms with Gasteiger partial charge in [-0.15, -0.1) is 0 Å². The molecule has 2 aromatic rings. The second-order valence-electron chi connectivity index (χ2n) is 12.0. The summed E-state index contributed by atoms with van der Waals surface area (Å²) in [6, 6.07) is 15.0. The summed E-state index contributed by atoms with van der Waals surface area (Å²) < 4.78 is 2.67. The minimum absolute atomic E-state index is 0.188. The molecule has 2 heteroatoms. The standard InChI is InChI=1S/C29H39N2/c1-18(2)20-11-9-13-22-26(20)30-17-31-25(24(30)15-28(22,5)6)16-29(7,8)23-14-10-12-21(19(3)4)27(23)31/h9-14,17-19,24-25H,15-16H2,1-8H3/q+1/t24-,25-/m0/s1. The van der Waals surface area contributed by atoms with E-state index < -0.39 is 0 Å². The number of hydrogen-bond acceptors (Lipinski definition) is 1. The molecule has 3 heterocycles. The van der Waals surface area contributed by atoms with Crippen LogP contribution in [-0.4, -0.2) is 23.0 Å². The summed E-state index contributed by atoms with van der Waals surface area (Å²) in [5.74, 6) is 1.04. The first kappa shape index (κ1) is 20.8. The molecule has 2 atom stereocenters. The van der Waals surface area contributed by atoms with Gasteiger partial charge in [-0.1, -0.05) is 91.8 Å². The maximum Gasteiger partial charge on any atom is 0.245 e. The van der Waals surface area contributed by atoms with Crippen LogP contribution in [0, 0.1) is 0 Å². The van der Waals surface area contributed by atoms with Gasteiger partial charge in [0.15, 0.2) is 0 Å². The quantitative estimate of drug-likeness (QED) is 0.469. The zero-order valence-corrected chi connectivity index (χ0v) is 20.7. The highest BCUT2D eigenvalue weighted by Crippen LogP contribution is 2.53. The fourth-order valence-electron chi connectivity index (χ4n) is 6.58. The van der Waals surface area contributed by atoms with Gasteiger partial charge in [0.05, 0.1) is 0 Å². The average molecular weight is 416 g/mol. The molecule has 0 bridgehead atoms. The molecule has 0 spiro atoms. The van der Waals surface area contributed by atoms with Gasteiger partial charge < -0.3 is 0 Å². The molecule has 3 aliphatic heterocycles. The lowest BCUT2D eigenvalue weighted by atomic mass is 9.68. The normalized spacial score (nSPS) is 25.1. The predicted octanol–water partition coefficient (Wildman–Crippen LogP) is 7.23. The van der Waals surface area contributed by atoms with Gasteiger partial charge in [-0.05, 0) is 22.7 Å². The molecule has 0 aliphatic carbocycles. The summed E-state index contributed by atoms with van der Waals surface area (Å²) in [6.07, 6.45) is 4.89. The average Bonchev–Trinajstić information content (AvgIpc) is 3.04. The van der Waals surface area contributed by atoms with Crippen LogP contribution in [0.5, 0.6) is 0 Å². The number of benzene rings is 2. The number of para-hydroxylation sites is 2. The zero-order valence-electron chi connectivity index (χ0n) is 20.7. The maximum atomic E-state index is 2.67. The van der Waals surface area contributed by atoms with E-state index in [-0.39, 0.29) is 10.8 Å². The van der Waals surface area contributed by atoms with E-state index in [1.54, 1.807) is 0 Å². The third kappa shape index (κ3) is 2.93. The van der Waals surface area contributed by atoms with Crippen molar-refractivity contribution in [3.8, 4) is 0 Å². The Labute approximate surface area is 189 Å². The molecule has 5 rings (SSSR count). The zero-order chi connectivity index (χ0) is 22.3. The SMILES string of the molecule is CC(C)c1cccc2c1N1C=[N+]3c4c(C(C)C)cccc4C(C)(C)C[C@H]3[C@@H]1CC2(C)C. The highest BCUT2D eigenvalue weighted by atomic mass is 15.3. The second-order valence-corrected chi connectivity index (χ2v) is 12.0. The third-order valence-corrected chi connectivity index (χ3v) is 8.20.